The largest absolute Gasteiger partial charge is 0.493 e. The van der Waals surface area contributed by atoms with Gasteiger partial charge in [0.2, 0.25) is 5.91 Å². The zero-order valence-electron chi connectivity index (χ0n) is 16.6. The number of rotatable bonds is 4. The lowest BCUT2D eigenvalue weighted by atomic mass is 9.77. The van der Waals surface area contributed by atoms with Crippen LogP contribution < -0.4 is 15.2 Å². The molecule has 1 amide bonds. The topological polar surface area (TPSA) is 64.8 Å². The van der Waals surface area contributed by atoms with Crippen LogP contribution in [0.4, 0.5) is 0 Å². The Morgan fingerprint density at radius 3 is 2.08 bits per heavy atom. The van der Waals surface area contributed by atoms with Crippen LogP contribution in [0.2, 0.25) is 0 Å². The molecular weight excluding hydrogens is 316 g/mol. The number of nitrogens with zero attached hydrogens (tertiary/aromatic N) is 1. The quantitative estimate of drug-likeness (QED) is 0.908. The summed E-state index contributed by atoms with van der Waals surface area (Å²) in [6.07, 6.45) is 1.97. The van der Waals surface area contributed by atoms with Crippen LogP contribution in [0.5, 0.6) is 11.5 Å². The first kappa shape index (κ1) is 19.6. The fourth-order valence-electron chi connectivity index (χ4n) is 4.49. The van der Waals surface area contributed by atoms with E-state index in [0.29, 0.717) is 17.9 Å². The number of ether oxygens (including phenoxy) is 2. The van der Waals surface area contributed by atoms with Crippen molar-refractivity contribution in [3.63, 3.8) is 0 Å². The van der Waals surface area contributed by atoms with Crippen molar-refractivity contribution < 1.29 is 14.3 Å². The summed E-state index contributed by atoms with van der Waals surface area (Å²) in [6, 6.07) is 3.95. The van der Waals surface area contributed by atoms with Crippen LogP contribution in [-0.2, 0) is 11.2 Å². The number of hydrogen-bond donors (Lipinski definition) is 1. The molecule has 0 spiro atoms. The Labute approximate surface area is 151 Å². The molecule has 1 aliphatic heterocycles. The van der Waals surface area contributed by atoms with Crippen LogP contribution in [0.1, 0.15) is 51.7 Å². The van der Waals surface area contributed by atoms with Crippen LogP contribution in [0.15, 0.2) is 12.1 Å². The van der Waals surface area contributed by atoms with Gasteiger partial charge in [-0.25, -0.2) is 0 Å². The summed E-state index contributed by atoms with van der Waals surface area (Å²) in [7, 11) is 3.22. The number of amides is 1. The predicted molar refractivity (Wildman–Crippen MR) is 100 cm³/mol. The lowest BCUT2D eigenvalue weighted by molar-refractivity contribution is -0.148. The molecule has 0 unspecified atom stereocenters. The Morgan fingerprint density at radius 2 is 1.60 bits per heavy atom. The summed E-state index contributed by atoms with van der Waals surface area (Å²) in [6.45, 7) is 10.4. The van der Waals surface area contributed by atoms with Crippen molar-refractivity contribution in [3.8, 4) is 11.5 Å². The van der Waals surface area contributed by atoms with E-state index in [4.69, 9.17) is 15.2 Å². The number of nitrogens with two attached hydrogens (primary N) is 1. The van der Waals surface area contributed by atoms with Crippen molar-refractivity contribution in [1.29, 1.82) is 0 Å². The van der Waals surface area contributed by atoms with Gasteiger partial charge in [-0.3, -0.25) is 4.79 Å². The number of carbonyl (C=O) groups is 1. The normalized spacial score (nSPS) is 19.6. The van der Waals surface area contributed by atoms with E-state index in [1.165, 1.54) is 0 Å². The highest BCUT2D eigenvalue weighted by Gasteiger charge is 2.46. The molecule has 140 valence electrons. The van der Waals surface area contributed by atoms with Crippen molar-refractivity contribution in [3.05, 3.63) is 23.3 Å². The molecule has 1 fully saturated rings. The highest BCUT2D eigenvalue weighted by molar-refractivity contribution is 5.81. The standard InChI is InChI=1S/C20H32N2O3/c1-13-8-16(24-6)17(25-7)9-14(13)10-18(23)22-19(2,3)11-15(21)12-20(22,4)5/h8-9,15H,10-12,21H2,1-7H3. The lowest BCUT2D eigenvalue weighted by Crippen LogP contribution is -2.65. The van der Waals surface area contributed by atoms with Gasteiger partial charge in [0.05, 0.1) is 20.6 Å². The number of methoxy groups -OCH3 is 2. The van der Waals surface area contributed by atoms with Crippen molar-refractivity contribution in [2.75, 3.05) is 14.2 Å². The minimum absolute atomic E-state index is 0.122. The molecular formula is C20H32N2O3. The Bertz CT molecular complexity index is 635. The minimum atomic E-state index is -0.261. The van der Waals surface area contributed by atoms with Gasteiger partial charge in [-0.1, -0.05) is 0 Å². The Balaban J connectivity index is 2.32. The van der Waals surface area contributed by atoms with E-state index in [9.17, 15) is 4.79 Å². The number of aryl methyl sites for hydroxylation is 1. The van der Waals surface area contributed by atoms with Crippen molar-refractivity contribution in [2.24, 2.45) is 5.73 Å². The lowest BCUT2D eigenvalue weighted by Gasteiger charge is -2.54. The second kappa shape index (κ2) is 6.87. The van der Waals surface area contributed by atoms with Crippen molar-refractivity contribution in [1.82, 2.24) is 4.90 Å². The molecule has 0 atom stereocenters. The molecule has 1 heterocycles. The summed E-state index contributed by atoms with van der Waals surface area (Å²) < 4.78 is 10.7. The van der Waals surface area contributed by atoms with E-state index >= 15 is 0 Å². The molecule has 2 N–H and O–H groups in total. The first-order valence-electron chi connectivity index (χ1n) is 8.82. The molecule has 1 aliphatic rings. The van der Waals surface area contributed by atoms with Crippen LogP contribution in [0.25, 0.3) is 0 Å². The Morgan fingerprint density at radius 1 is 1.12 bits per heavy atom. The van der Waals surface area contributed by atoms with E-state index in [0.717, 1.165) is 24.0 Å². The average Bonchev–Trinajstić information content (AvgIpc) is 2.45. The van der Waals surface area contributed by atoms with Gasteiger partial charge in [-0.15, -0.1) is 0 Å². The Kier molecular flexibility index (Phi) is 5.38. The van der Waals surface area contributed by atoms with Crippen LogP contribution >= 0.6 is 0 Å². The van der Waals surface area contributed by atoms with Gasteiger partial charge in [-0.05, 0) is 70.7 Å². The molecule has 5 heteroatoms. The molecule has 0 aromatic heterocycles. The molecule has 1 saturated heterocycles. The first-order valence-corrected chi connectivity index (χ1v) is 8.82. The predicted octanol–water partition coefficient (Wildman–Crippen LogP) is 3.06. The molecule has 0 saturated carbocycles. The van der Waals surface area contributed by atoms with Gasteiger partial charge in [0.1, 0.15) is 0 Å². The van der Waals surface area contributed by atoms with Gasteiger partial charge < -0.3 is 20.1 Å². The zero-order chi connectivity index (χ0) is 19.0. The van der Waals surface area contributed by atoms with Crippen LogP contribution in [-0.4, -0.2) is 42.1 Å². The number of carbonyl (C=O) groups excluding carboxylic acids is 1. The van der Waals surface area contributed by atoms with E-state index in [1.54, 1.807) is 14.2 Å². The summed E-state index contributed by atoms with van der Waals surface area (Å²) in [5.41, 5.74) is 7.69. The summed E-state index contributed by atoms with van der Waals surface area (Å²) in [5.74, 6) is 1.45. The number of likely N-dealkylation sites (tertiary alicyclic amines) is 1. The van der Waals surface area contributed by atoms with Gasteiger partial charge in [0.25, 0.3) is 0 Å². The van der Waals surface area contributed by atoms with E-state index < -0.39 is 0 Å². The SMILES string of the molecule is COc1cc(C)c(CC(=O)N2C(C)(C)CC(N)CC2(C)C)cc1OC. The van der Waals surface area contributed by atoms with Gasteiger partial charge in [0.15, 0.2) is 11.5 Å². The second-order valence-corrected chi connectivity index (χ2v) is 8.33. The molecule has 1 aromatic carbocycles. The molecule has 2 rings (SSSR count). The third-order valence-electron chi connectivity index (χ3n) is 5.17. The smallest absolute Gasteiger partial charge is 0.227 e. The molecule has 5 nitrogen and oxygen atoms in total. The summed E-state index contributed by atoms with van der Waals surface area (Å²) in [4.78, 5) is 15.3. The number of piperidine rings is 1. The maximum atomic E-state index is 13.2. The van der Waals surface area contributed by atoms with Gasteiger partial charge in [-0.2, -0.15) is 0 Å². The highest BCUT2D eigenvalue weighted by atomic mass is 16.5. The zero-order valence-corrected chi connectivity index (χ0v) is 16.6. The summed E-state index contributed by atoms with van der Waals surface area (Å²) >= 11 is 0. The molecule has 0 aliphatic carbocycles. The second-order valence-electron chi connectivity index (χ2n) is 8.33. The fraction of sp³-hybridized carbons (Fsp3) is 0.650. The van der Waals surface area contributed by atoms with Crippen molar-refractivity contribution >= 4 is 5.91 Å². The molecule has 25 heavy (non-hydrogen) atoms. The highest BCUT2D eigenvalue weighted by Crippen LogP contribution is 2.39. The van der Waals surface area contributed by atoms with Crippen LogP contribution in [0, 0.1) is 6.92 Å². The number of hydrogen-bond acceptors (Lipinski definition) is 4. The molecule has 0 radical (unpaired) electrons. The van der Waals surface area contributed by atoms with E-state index in [-0.39, 0.29) is 23.0 Å². The van der Waals surface area contributed by atoms with Crippen LogP contribution in [0.3, 0.4) is 0 Å². The minimum Gasteiger partial charge on any atom is -0.493 e. The fourth-order valence-corrected chi connectivity index (χ4v) is 4.49. The monoisotopic (exact) mass is 348 g/mol. The third-order valence-corrected chi connectivity index (χ3v) is 5.17. The van der Waals surface area contributed by atoms with Crippen molar-refractivity contribution in [2.45, 2.75) is 71.0 Å². The van der Waals surface area contributed by atoms with E-state index in [1.807, 2.05) is 24.0 Å². The van der Waals surface area contributed by atoms with Gasteiger partial charge in [0, 0.05) is 17.1 Å². The molecule has 0 bridgehead atoms. The maximum Gasteiger partial charge on any atom is 0.227 e. The van der Waals surface area contributed by atoms with Gasteiger partial charge >= 0.3 is 0 Å². The first-order chi connectivity index (χ1) is 11.5. The number of benzene rings is 1. The van der Waals surface area contributed by atoms with E-state index in [2.05, 4.69) is 27.7 Å². The maximum absolute atomic E-state index is 13.2. The third kappa shape index (κ3) is 3.92. The average molecular weight is 348 g/mol. The molecule has 1 aromatic rings. The summed E-state index contributed by atoms with van der Waals surface area (Å²) in [5, 5.41) is 0. The Hall–Kier alpha value is -1.75.